The molecule has 0 bridgehead atoms. The Balaban J connectivity index is 1.82. The Bertz CT molecular complexity index is 543. The lowest BCUT2D eigenvalue weighted by Crippen LogP contribution is -2.47. The summed E-state index contributed by atoms with van der Waals surface area (Å²) in [5.74, 6) is 0.870. The van der Waals surface area contributed by atoms with Gasteiger partial charge < -0.3 is 9.64 Å². The van der Waals surface area contributed by atoms with E-state index < -0.39 is 10.0 Å². The smallest absolute Gasteiger partial charge is 0.208 e. The minimum absolute atomic E-state index is 0.0459. The summed E-state index contributed by atoms with van der Waals surface area (Å²) in [6, 6.07) is 8.15. The fourth-order valence-electron chi connectivity index (χ4n) is 2.74. The highest BCUT2D eigenvalue weighted by atomic mass is 32.2. The summed E-state index contributed by atoms with van der Waals surface area (Å²) in [6.45, 7) is 2.79. The van der Waals surface area contributed by atoms with Crippen molar-refractivity contribution in [2.45, 2.75) is 25.3 Å². The first-order valence-electron chi connectivity index (χ1n) is 7.29. The number of nitrogens with zero attached hydrogens (tertiary/aromatic N) is 1. The van der Waals surface area contributed by atoms with Crippen LogP contribution in [0.5, 0.6) is 5.75 Å². The highest BCUT2D eigenvalue weighted by molar-refractivity contribution is 7.88. The number of hydrogen-bond acceptors (Lipinski definition) is 4. The third kappa shape index (κ3) is 5.65. The normalized spacial score (nSPS) is 20.4. The van der Waals surface area contributed by atoms with Crippen LogP contribution in [0.2, 0.25) is 0 Å². The van der Waals surface area contributed by atoms with Crippen molar-refractivity contribution in [2.24, 2.45) is 0 Å². The number of methoxy groups -OCH3 is 1. The summed E-state index contributed by atoms with van der Waals surface area (Å²) in [4.78, 5) is 2.33. The summed E-state index contributed by atoms with van der Waals surface area (Å²) in [5, 5.41) is 0. The van der Waals surface area contributed by atoms with Crippen LogP contribution in [0.1, 0.15) is 18.4 Å². The molecule has 1 heterocycles. The average molecular weight is 312 g/mol. The minimum atomic E-state index is -3.11. The molecule has 5 nitrogen and oxygen atoms in total. The molecule has 0 aromatic heterocycles. The highest BCUT2D eigenvalue weighted by Gasteiger charge is 2.21. The molecule has 0 radical (unpaired) electrons. The second kappa shape index (κ2) is 7.24. The third-order valence-corrected chi connectivity index (χ3v) is 4.52. The van der Waals surface area contributed by atoms with E-state index in [0.29, 0.717) is 0 Å². The average Bonchev–Trinajstić information content (AvgIpc) is 2.44. The third-order valence-electron chi connectivity index (χ3n) is 3.76. The van der Waals surface area contributed by atoms with Crippen molar-refractivity contribution in [1.29, 1.82) is 0 Å². The monoisotopic (exact) mass is 312 g/mol. The molecular formula is C15H24N2O3S. The van der Waals surface area contributed by atoms with Crippen molar-refractivity contribution in [3.05, 3.63) is 29.8 Å². The Labute approximate surface area is 127 Å². The Kier molecular flexibility index (Phi) is 5.61. The van der Waals surface area contributed by atoms with Crippen molar-refractivity contribution < 1.29 is 13.2 Å². The molecule has 1 atom stereocenters. The van der Waals surface area contributed by atoms with Crippen LogP contribution in [0.25, 0.3) is 0 Å². The van der Waals surface area contributed by atoms with Crippen LogP contribution in [0, 0.1) is 0 Å². The van der Waals surface area contributed by atoms with E-state index in [1.807, 2.05) is 12.1 Å². The van der Waals surface area contributed by atoms with Crippen LogP contribution >= 0.6 is 0 Å². The molecule has 2 rings (SSSR count). The van der Waals surface area contributed by atoms with Gasteiger partial charge in [0, 0.05) is 19.1 Å². The Morgan fingerprint density at radius 2 is 2.05 bits per heavy atom. The van der Waals surface area contributed by atoms with E-state index in [4.69, 9.17) is 4.74 Å². The maximum Gasteiger partial charge on any atom is 0.208 e. The molecule has 0 saturated carbocycles. The second-order valence-corrected chi connectivity index (χ2v) is 7.41. The maximum absolute atomic E-state index is 11.3. The number of nitrogens with one attached hydrogen (secondary N) is 1. The lowest BCUT2D eigenvalue weighted by atomic mass is 10.1. The predicted molar refractivity (Wildman–Crippen MR) is 84.1 cm³/mol. The number of hydrogen-bond donors (Lipinski definition) is 1. The zero-order chi connectivity index (χ0) is 15.3. The van der Waals surface area contributed by atoms with Gasteiger partial charge in [0.25, 0.3) is 0 Å². The first-order chi connectivity index (χ1) is 9.96. The Hall–Kier alpha value is -1.11. The van der Waals surface area contributed by atoms with Gasteiger partial charge in [0.05, 0.1) is 13.4 Å². The van der Waals surface area contributed by atoms with E-state index in [1.54, 1.807) is 7.11 Å². The number of piperidine rings is 1. The fraction of sp³-hybridized carbons (Fsp3) is 0.600. The summed E-state index contributed by atoms with van der Waals surface area (Å²) in [7, 11) is -1.45. The molecule has 1 unspecified atom stereocenters. The number of benzene rings is 1. The van der Waals surface area contributed by atoms with Gasteiger partial charge in [0.1, 0.15) is 5.75 Å². The molecule has 21 heavy (non-hydrogen) atoms. The van der Waals surface area contributed by atoms with E-state index >= 15 is 0 Å². The zero-order valence-electron chi connectivity index (χ0n) is 12.7. The highest BCUT2D eigenvalue weighted by Crippen LogP contribution is 2.14. The van der Waals surface area contributed by atoms with Crippen molar-refractivity contribution in [3.8, 4) is 5.75 Å². The maximum atomic E-state index is 11.3. The minimum Gasteiger partial charge on any atom is -0.497 e. The number of rotatable bonds is 6. The molecule has 1 saturated heterocycles. The first-order valence-corrected chi connectivity index (χ1v) is 9.18. The van der Waals surface area contributed by atoms with Crippen molar-refractivity contribution in [3.63, 3.8) is 0 Å². The fourth-order valence-corrected chi connectivity index (χ4v) is 3.53. The van der Waals surface area contributed by atoms with Gasteiger partial charge in [-0.25, -0.2) is 13.1 Å². The van der Waals surface area contributed by atoms with Crippen LogP contribution in [-0.4, -0.2) is 52.4 Å². The predicted octanol–water partition coefficient (Wildman–Crippen LogP) is 1.25. The topological polar surface area (TPSA) is 58.6 Å². The van der Waals surface area contributed by atoms with Crippen molar-refractivity contribution in [2.75, 3.05) is 33.0 Å². The Morgan fingerprint density at radius 3 is 2.67 bits per heavy atom. The molecule has 1 aromatic carbocycles. The molecule has 1 aliphatic heterocycles. The van der Waals surface area contributed by atoms with Crippen LogP contribution in [0.3, 0.4) is 0 Å². The van der Waals surface area contributed by atoms with Crippen molar-refractivity contribution >= 4 is 10.0 Å². The van der Waals surface area contributed by atoms with Crippen LogP contribution < -0.4 is 9.46 Å². The van der Waals surface area contributed by atoms with Crippen molar-refractivity contribution in [1.82, 2.24) is 9.62 Å². The van der Waals surface area contributed by atoms with Gasteiger partial charge in [-0.05, 0) is 43.5 Å². The van der Waals surface area contributed by atoms with Crippen LogP contribution in [-0.2, 0) is 16.4 Å². The summed E-state index contributed by atoms with van der Waals surface area (Å²) in [6.07, 6.45) is 4.15. The molecule has 1 aromatic rings. The van der Waals surface area contributed by atoms with E-state index in [2.05, 4.69) is 21.8 Å². The molecule has 118 valence electrons. The summed E-state index contributed by atoms with van der Waals surface area (Å²) >= 11 is 0. The molecule has 0 spiro atoms. The van der Waals surface area contributed by atoms with Gasteiger partial charge in [-0.3, -0.25) is 0 Å². The molecule has 1 N–H and O–H groups in total. The molecular weight excluding hydrogens is 288 g/mol. The zero-order valence-corrected chi connectivity index (χ0v) is 13.5. The van der Waals surface area contributed by atoms with Gasteiger partial charge >= 0.3 is 0 Å². The molecule has 6 heteroatoms. The van der Waals surface area contributed by atoms with Gasteiger partial charge in [-0.15, -0.1) is 0 Å². The van der Waals surface area contributed by atoms with Crippen LogP contribution in [0.15, 0.2) is 24.3 Å². The molecule has 0 amide bonds. The molecule has 0 aliphatic carbocycles. The van der Waals surface area contributed by atoms with Crippen LogP contribution in [0.4, 0.5) is 0 Å². The van der Waals surface area contributed by atoms with E-state index in [-0.39, 0.29) is 6.04 Å². The van der Waals surface area contributed by atoms with Gasteiger partial charge in [-0.1, -0.05) is 12.1 Å². The summed E-state index contributed by atoms with van der Waals surface area (Å²) in [5.41, 5.74) is 1.27. The SMILES string of the molecule is COc1ccc(CCN2CCCC(NS(C)(=O)=O)C2)cc1. The Morgan fingerprint density at radius 1 is 1.33 bits per heavy atom. The number of likely N-dealkylation sites (tertiary alicyclic amines) is 1. The number of sulfonamides is 1. The van der Waals surface area contributed by atoms with Gasteiger partial charge in [0.15, 0.2) is 0 Å². The quantitative estimate of drug-likeness (QED) is 0.859. The molecule has 1 aliphatic rings. The second-order valence-electron chi connectivity index (χ2n) is 5.63. The van der Waals surface area contributed by atoms with E-state index in [0.717, 1.165) is 44.6 Å². The van der Waals surface area contributed by atoms with Gasteiger partial charge in [0.2, 0.25) is 10.0 Å². The lowest BCUT2D eigenvalue weighted by Gasteiger charge is -2.32. The van der Waals surface area contributed by atoms with E-state index in [9.17, 15) is 8.42 Å². The first kappa shape index (κ1) is 16.3. The molecule has 1 fully saturated rings. The largest absolute Gasteiger partial charge is 0.497 e. The standard InChI is InChI=1S/C15H24N2O3S/c1-20-15-7-5-13(6-8-15)9-11-17-10-3-4-14(12-17)16-21(2,18)19/h5-8,14,16H,3-4,9-12H2,1-2H3. The number of ether oxygens (including phenoxy) is 1. The van der Waals surface area contributed by atoms with Gasteiger partial charge in [-0.2, -0.15) is 0 Å². The van der Waals surface area contributed by atoms with E-state index in [1.165, 1.54) is 11.8 Å². The lowest BCUT2D eigenvalue weighted by molar-refractivity contribution is 0.204. The summed E-state index contributed by atoms with van der Waals surface area (Å²) < 4.78 is 30.5.